The fourth-order valence-electron chi connectivity index (χ4n) is 2.19. The summed E-state index contributed by atoms with van der Waals surface area (Å²) in [5.74, 6) is 0.484. The van der Waals surface area contributed by atoms with Crippen LogP contribution >= 0.6 is 11.3 Å². The van der Waals surface area contributed by atoms with Crippen molar-refractivity contribution >= 4 is 21.6 Å². The van der Waals surface area contributed by atoms with Crippen molar-refractivity contribution in [2.75, 3.05) is 6.54 Å². The van der Waals surface area contributed by atoms with Gasteiger partial charge >= 0.3 is 0 Å². The van der Waals surface area contributed by atoms with Gasteiger partial charge in [0, 0.05) is 12.0 Å². The van der Waals surface area contributed by atoms with Crippen molar-refractivity contribution in [1.29, 1.82) is 0 Å². The number of likely N-dealkylation sites (N-methyl/N-ethyl adjacent to an activating group) is 1. The fourth-order valence-corrected chi connectivity index (χ4v) is 3.28. The van der Waals surface area contributed by atoms with Gasteiger partial charge in [0.05, 0.1) is 15.2 Å². The molecule has 2 nitrogen and oxygen atoms in total. The van der Waals surface area contributed by atoms with E-state index in [9.17, 15) is 0 Å². The summed E-state index contributed by atoms with van der Waals surface area (Å²) < 4.78 is 1.29. The van der Waals surface area contributed by atoms with E-state index in [4.69, 9.17) is 4.98 Å². The highest BCUT2D eigenvalue weighted by atomic mass is 32.1. The maximum Gasteiger partial charge on any atom is 0.0982 e. The predicted octanol–water partition coefficient (Wildman–Crippen LogP) is 3.79. The Morgan fingerprint density at radius 3 is 2.71 bits per heavy atom. The zero-order valence-electron chi connectivity index (χ0n) is 10.7. The van der Waals surface area contributed by atoms with Gasteiger partial charge in [-0.1, -0.05) is 32.9 Å². The van der Waals surface area contributed by atoms with Crippen molar-refractivity contribution in [2.45, 2.75) is 39.2 Å². The normalized spacial score (nSPS) is 15.0. The Kier molecular flexibility index (Phi) is 4.13. The Morgan fingerprint density at radius 1 is 1.29 bits per heavy atom. The van der Waals surface area contributed by atoms with E-state index >= 15 is 0 Å². The van der Waals surface area contributed by atoms with Crippen LogP contribution in [-0.4, -0.2) is 17.6 Å². The van der Waals surface area contributed by atoms with E-state index in [1.165, 1.54) is 9.71 Å². The van der Waals surface area contributed by atoms with Gasteiger partial charge in [0.25, 0.3) is 0 Å². The van der Waals surface area contributed by atoms with E-state index in [0.717, 1.165) is 18.5 Å². The minimum atomic E-state index is 0.484. The topological polar surface area (TPSA) is 24.9 Å². The van der Waals surface area contributed by atoms with Crippen LogP contribution in [0, 0.1) is 0 Å². The molecule has 0 saturated heterocycles. The lowest BCUT2D eigenvalue weighted by atomic mass is 10.0. The number of nitrogens with zero attached hydrogens (tertiary/aromatic N) is 1. The van der Waals surface area contributed by atoms with Crippen LogP contribution in [0.1, 0.15) is 38.1 Å². The van der Waals surface area contributed by atoms with Crippen molar-refractivity contribution in [3.63, 3.8) is 0 Å². The molecule has 0 aliphatic heterocycles. The molecule has 0 amide bonds. The summed E-state index contributed by atoms with van der Waals surface area (Å²) in [5, 5.41) is 4.79. The molecule has 2 rings (SSSR count). The summed E-state index contributed by atoms with van der Waals surface area (Å²) in [6, 6.07) is 8.91. The molecule has 0 fully saturated rings. The Morgan fingerprint density at radius 2 is 2.06 bits per heavy atom. The van der Waals surface area contributed by atoms with Crippen LogP contribution in [0.5, 0.6) is 0 Å². The molecule has 1 heterocycles. The molecule has 2 unspecified atom stereocenters. The smallest absolute Gasteiger partial charge is 0.0982 e. The van der Waals surface area contributed by atoms with Gasteiger partial charge in [0.15, 0.2) is 0 Å². The molecule has 0 saturated carbocycles. The van der Waals surface area contributed by atoms with Crippen LogP contribution in [0.25, 0.3) is 10.2 Å². The van der Waals surface area contributed by atoms with E-state index in [1.54, 1.807) is 0 Å². The second-order valence-corrected chi connectivity index (χ2v) is 5.44. The number of rotatable bonds is 5. The van der Waals surface area contributed by atoms with Crippen molar-refractivity contribution < 1.29 is 0 Å². The molecule has 1 N–H and O–H groups in total. The second-order valence-electron chi connectivity index (χ2n) is 4.38. The van der Waals surface area contributed by atoms with Gasteiger partial charge in [-0.2, -0.15) is 0 Å². The lowest BCUT2D eigenvalue weighted by molar-refractivity contribution is 0.448. The van der Waals surface area contributed by atoms with Gasteiger partial charge in [-0.05, 0) is 25.1 Å². The first-order valence-corrected chi connectivity index (χ1v) is 7.16. The van der Waals surface area contributed by atoms with Gasteiger partial charge in [-0.15, -0.1) is 11.3 Å². The Balaban J connectivity index is 2.25. The molecule has 2 atom stereocenters. The van der Waals surface area contributed by atoms with E-state index < -0.39 is 0 Å². The molecule has 0 aliphatic carbocycles. The summed E-state index contributed by atoms with van der Waals surface area (Å²) in [7, 11) is 0. The first-order chi connectivity index (χ1) is 8.26. The molecule has 3 heteroatoms. The van der Waals surface area contributed by atoms with E-state index in [-0.39, 0.29) is 0 Å². The first-order valence-electron chi connectivity index (χ1n) is 6.35. The number of para-hydroxylation sites is 1. The van der Waals surface area contributed by atoms with Crippen molar-refractivity contribution in [2.24, 2.45) is 0 Å². The number of nitrogens with one attached hydrogen (secondary N) is 1. The van der Waals surface area contributed by atoms with Crippen LogP contribution < -0.4 is 5.32 Å². The maximum atomic E-state index is 4.74. The van der Waals surface area contributed by atoms with Crippen molar-refractivity contribution in [1.82, 2.24) is 10.3 Å². The summed E-state index contributed by atoms with van der Waals surface area (Å²) in [4.78, 5) is 4.74. The third-order valence-corrected chi connectivity index (χ3v) is 4.45. The maximum absolute atomic E-state index is 4.74. The zero-order valence-corrected chi connectivity index (χ0v) is 11.6. The van der Waals surface area contributed by atoms with Crippen LogP contribution in [0.3, 0.4) is 0 Å². The standard InChI is InChI=1S/C14H20N2S/c1-4-11(15-5-2)10(3)14-16-12-8-6-7-9-13(12)17-14/h6-11,15H,4-5H2,1-3H3. The van der Waals surface area contributed by atoms with Crippen molar-refractivity contribution in [3.05, 3.63) is 29.3 Å². The highest BCUT2D eigenvalue weighted by molar-refractivity contribution is 7.18. The quantitative estimate of drug-likeness (QED) is 0.871. The van der Waals surface area contributed by atoms with E-state index in [2.05, 4.69) is 50.4 Å². The highest BCUT2D eigenvalue weighted by Crippen LogP contribution is 2.29. The number of hydrogen-bond acceptors (Lipinski definition) is 3. The lowest BCUT2D eigenvalue weighted by Crippen LogP contribution is -2.32. The average Bonchev–Trinajstić information content (AvgIpc) is 2.78. The Labute approximate surface area is 107 Å². The number of thiazole rings is 1. The van der Waals surface area contributed by atoms with E-state index in [0.29, 0.717) is 12.0 Å². The van der Waals surface area contributed by atoms with E-state index in [1.807, 2.05) is 11.3 Å². The summed E-state index contributed by atoms with van der Waals surface area (Å²) in [6.45, 7) is 7.69. The van der Waals surface area contributed by atoms with Gasteiger partial charge < -0.3 is 5.32 Å². The largest absolute Gasteiger partial charge is 0.314 e. The van der Waals surface area contributed by atoms with Crippen molar-refractivity contribution in [3.8, 4) is 0 Å². The monoisotopic (exact) mass is 248 g/mol. The minimum absolute atomic E-state index is 0.484. The molecule has 1 aromatic heterocycles. The molecule has 17 heavy (non-hydrogen) atoms. The fraction of sp³-hybridized carbons (Fsp3) is 0.500. The Bertz CT molecular complexity index is 445. The molecular weight excluding hydrogens is 228 g/mol. The van der Waals surface area contributed by atoms with Gasteiger partial charge in [-0.25, -0.2) is 4.98 Å². The molecule has 1 aromatic carbocycles. The number of hydrogen-bond donors (Lipinski definition) is 1. The van der Waals surface area contributed by atoms with Gasteiger partial charge in [0.2, 0.25) is 0 Å². The number of fused-ring (bicyclic) bond motifs is 1. The zero-order chi connectivity index (χ0) is 12.3. The molecule has 0 radical (unpaired) electrons. The third kappa shape index (κ3) is 2.67. The average molecular weight is 248 g/mol. The Hall–Kier alpha value is -0.930. The number of aromatic nitrogens is 1. The summed E-state index contributed by atoms with van der Waals surface area (Å²) >= 11 is 1.82. The van der Waals surface area contributed by atoms with Gasteiger partial charge in [-0.3, -0.25) is 0 Å². The minimum Gasteiger partial charge on any atom is -0.314 e. The second kappa shape index (κ2) is 5.61. The highest BCUT2D eigenvalue weighted by Gasteiger charge is 2.19. The molecule has 92 valence electrons. The molecule has 0 spiro atoms. The summed E-state index contributed by atoms with van der Waals surface area (Å²) in [5.41, 5.74) is 1.13. The molecule has 2 aromatic rings. The number of benzene rings is 1. The molecule has 0 bridgehead atoms. The SMILES string of the molecule is CCNC(CC)C(C)c1nc2ccccc2s1. The van der Waals surface area contributed by atoms with Crippen LogP contribution in [0.4, 0.5) is 0 Å². The first kappa shape index (κ1) is 12.5. The molecular formula is C14H20N2S. The third-order valence-electron chi connectivity index (χ3n) is 3.21. The molecule has 0 aliphatic rings. The van der Waals surface area contributed by atoms with Crippen LogP contribution in [0.2, 0.25) is 0 Å². The summed E-state index contributed by atoms with van der Waals surface area (Å²) in [6.07, 6.45) is 1.14. The lowest BCUT2D eigenvalue weighted by Gasteiger charge is -2.21. The van der Waals surface area contributed by atoms with Gasteiger partial charge in [0.1, 0.15) is 0 Å². The predicted molar refractivity (Wildman–Crippen MR) is 75.8 cm³/mol. The van der Waals surface area contributed by atoms with Crippen LogP contribution in [0.15, 0.2) is 24.3 Å². The van der Waals surface area contributed by atoms with Crippen LogP contribution in [-0.2, 0) is 0 Å².